The predicted molar refractivity (Wildman–Crippen MR) is 120 cm³/mol. The Bertz CT molecular complexity index is 1230. The Morgan fingerprint density at radius 1 is 1.09 bits per heavy atom. The summed E-state index contributed by atoms with van der Waals surface area (Å²) in [5.41, 5.74) is 0.950. The van der Waals surface area contributed by atoms with Crippen LogP contribution in [0.5, 0.6) is 23.0 Å². The van der Waals surface area contributed by atoms with Crippen molar-refractivity contribution in [1.82, 2.24) is 0 Å². The summed E-state index contributed by atoms with van der Waals surface area (Å²) in [7, 11) is -0.117. The van der Waals surface area contributed by atoms with Crippen LogP contribution >= 0.6 is 11.8 Å². The topological polar surface area (TPSA) is 104 Å². The van der Waals surface area contributed by atoms with Gasteiger partial charge in [-0.2, -0.15) is 4.99 Å². The number of hydrogen-bond acceptors (Lipinski definition) is 8. The van der Waals surface area contributed by atoms with Crippen LogP contribution in [0.3, 0.4) is 0 Å². The Balaban J connectivity index is 1.56. The molecule has 0 unspecified atom stereocenters. The number of carbonyl (C=O) groups excluding carboxylic acids is 1. The van der Waals surface area contributed by atoms with Crippen LogP contribution in [-0.4, -0.2) is 63.3 Å². The Labute approximate surface area is 189 Å². The number of anilines is 1. The highest BCUT2D eigenvalue weighted by Crippen LogP contribution is 2.45. The molecule has 3 aliphatic rings. The molecule has 0 N–H and O–H groups in total. The van der Waals surface area contributed by atoms with Crippen molar-refractivity contribution in [2.45, 2.75) is 11.3 Å². The number of sulfone groups is 1. The molecule has 2 aromatic carbocycles. The summed E-state index contributed by atoms with van der Waals surface area (Å²) >= 11 is 1.29. The number of ether oxygens (including phenoxy) is 4. The van der Waals surface area contributed by atoms with Gasteiger partial charge >= 0.3 is 0 Å². The van der Waals surface area contributed by atoms with Gasteiger partial charge in [-0.15, -0.1) is 0 Å². The van der Waals surface area contributed by atoms with Crippen molar-refractivity contribution < 1.29 is 32.2 Å². The number of amidine groups is 1. The highest BCUT2D eigenvalue weighted by atomic mass is 32.2. The van der Waals surface area contributed by atoms with Crippen LogP contribution in [0.15, 0.2) is 41.4 Å². The Morgan fingerprint density at radius 2 is 1.91 bits per heavy atom. The molecule has 2 atom stereocenters. The third kappa shape index (κ3) is 3.65. The number of amides is 1. The van der Waals surface area contributed by atoms with Crippen LogP contribution in [0.4, 0.5) is 5.69 Å². The maximum Gasteiger partial charge on any atom is 0.279 e. The monoisotopic (exact) mass is 476 g/mol. The van der Waals surface area contributed by atoms with Gasteiger partial charge in [0.25, 0.3) is 5.91 Å². The molecule has 0 aliphatic carbocycles. The molecule has 5 rings (SSSR count). The molecular formula is C21H20N2O7S2. The van der Waals surface area contributed by atoms with E-state index >= 15 is 0 Å². The van der Waals surface area contributed by atoms with Crippen molar-refractivity contribution in [2.24, 2.45) is 4.99 Å². The van der Waals surface area contributed by atoms with Crippen LogP contribution in [0.1, 0.15) is 10.4 Å². The molecule has 2 aromatic rings. The zero-order chi connectivity index (χ0) is 22.5. The summed E-state index contributed by atoms with van der Waals surface area (Å²) in [6.07, 6.45) is 0. The van der Waals surface area contributed by atoms with E-state index in [-0.39, 0.29) is 29.6 Å². The van der Waals surface area contributed by atoms with Crippen LogP contribution < -0.4 is 23.8 Å². The summed E-state index contributed by atoms with van der Waals surface area (Å²) in [5, 5.41) is 0.184. The van der Waals surface area contributed by atoms with Crippen molar-refractivity contribution in [2.75, 3.05) is 37.4 Å². The molecule has 0 radical (unpaired) electrons. The highest BCUT2D eigenvalue weighted by Gasteiger charge is 2.50. The summed E-state index contributed by atoms with van der Waals surface area (Å²) in [5.74, 6) is 1.72. The fourth-order valence-electron chi connectivity index (χ4n) is 4.01. The lowest BCUT2D eigenvalue weighted by molar-refractivity contribution is 0.100. The number of benzene rings is 2. The molecule has 3 aliphatic heterocycles. The third-order valence-corrected chi connectivity index (χ3v) is 8.74. The van der Waals surface area contributed by atoms with Crippen molar-refractivity contribution in [3.05, 3.63) is 42.0 Å². The molecule has 1 amide bonds. The molecule has 0 saturated carbocycles. The van der Waals surface area contributed by atoms with Crippen LogP contribution in [0, 0.1) is 0 Å². The molecule has 11 heteroatoms. The maximum atomic E-state index is 13.0. The van der Waals surface area contributed by atoms with Gasteiger partial charge in [-0.05, 0) is 30.3 Å². The predicted octanol–water partition coefficient (Wildman–Crippen LogP) is 2.35. The van der Waals surface area contributed by atoms with Gasteiger partial charge in [0.05, 0.1) is 37.5 Å². The van der Waals surface area contributed by atoms with E-state index in [1.807, 2.05) is 0 Å². The smallest absolute Gasteiger partial charge is 0.279 e. The SMILES string of the molecule is COc1ccc(OC)c(N2C(=NC(=O)c3ccc4c(c3)OCO4)S[C@@H]3CS(=O)(=O)C[C@@H]32)c1. The second kappa shape index (κ2) is 7.89. The Hall–Kier alpha value is -2.92. The van der Waals surface area contributed by atoms with Gasteiger partial charge in [-0.3, -0.25) is 4.79 Å². The number of methoxy groups -OCH3 is 2. The van der Waals surface area contributed by atoms with Crippen LogP contribution in [-0.2, 0) is 9.84 Å². The normalized spacial score (nSPS) is 23.9. The number of carbonyl (C=O) groups is 1. The first-order chi connectivity index (χ1) is 15.4. The van der Waals surface area contributed by atoms with E-state index in [0.717, 1.165) is 0 Å². The molecule has 0 bridgehead atoms. The molecule has 0 aromatic heterocycles. The van der Waals surface area contributed by atoms with Gasteiger partial charge in [0, 0.05) is 16.9 Å². The molecule has 168 valence electrons. The number of thioether (sulfide) groups is 1. The lowest BCUT2D eigenvalue weighted by atomic mass is 10.1. The summed E-state index contributed by atoms with van der Waals surface area (Å²) in [6, 6.07) is 9.77. The Morgan fingerprint density at radius 3 is 2.69 bits per heavy atom. The minimum absolute atomic E-state index is 0.0255. The Kier molecular flexibility index (Phi) is 5.17. The minimum atomic E-state index is -3.20. The summed E-state index contributed by atoms with van der Waals surface area (Å²) in [4.78, 5) is 19.2. The average molecular weight is 477 g/mol. The van der Waals surface area contributed by atoms with Crippen molar-refractivity contribution in [1.29, 1.82) is 0 Å². The quantitative estimate of drug-likeness (QED) is 0.658. The van der Waals surface area contributed by atoms with E-state index in [2.05, 4.69) is 4.99 Å². The molecule has 3 heterocycles. The largest absolute Gasteiger partial charge is 0.497 e. The van der Waals surface area contributed by atoms with E-state index in [4.69, 9.17) is 18.9 Å². The van der Waals surface area contributed by atoms with Crippen LogP contribution in [0.25, 0.3) is 0 Å². The maximum absolute atomic E-state index is 13.0. The number of rotatable bonds is 4. The highest BCUT2D eigenvalue weighted by molar-refractivity contribution is 8.16. The second-order valence-electron chi connectivity index (χ2n) is 7.48. The van der Waals surface area contributed by atoms with E-state index in [0.29, 0.717) is 39.4 Å². The first kappa shape index (κ1) is 21.0. The lowest BCUT2D eigenvalue weighted by Crippen LogP contribution is -2.38. The molecule has 0 spiro atoms. The van der Waals surface area contributed by atoms with Gasteiger partial charge in [0.15, 0.2) is 26.5 Å². The lowest BCUT2D eigenvalue weighted by Gasteiger charge is -2.26. The number of aliphatic imine (C=N–C) groups is 1. The number of fused-ring (bicyclic) bond motifs is 2. The molecular weight excluding hydrogens is 456 g/mol. The zero-order valence-electron chi connectivity index (χ0n) is 17.3. The fourth-order valence-corrected chi connectivity index (χ4v) is 7.92. The molecule has 9 nitrogen and oxygen atoms in total. The van der Waals surface area contributed by atoms with Gasteiger partial charge in [0.1, 0.15) is 11.5 Å². The van der Waals surface area contributed by atoms with E-state index in [1.54, 1.807) is 48.4 Å². The first-order valence-corrected chi connectivity index (χ1v) is 12.5. The first-order valence-electron chi connectivity index (χ1n) is 9.79. The standard InChI is InChI=1S/C21H20N2O7S2/c1-27-13-4-6-16(28-2)14(8-13)23-15-9-32(25,26)10-19(15)31-21(23)22-20(24)12-3-5-17-18(7-12)30-11-29-17/h3-8,15,19H,9-11H2,1-2H3/t15-,19+/m0/s1. The summed E-state index contributed by atoms with van der Waals surface area (Å²) < 4.78 is 46.2. The molecule has 32 heavy (non-hydrogen) atoms. The molecule has 2 fully saturated rings. The van der Waals surface area contributed by atoms with E-state index < -0.39 is 15.7 Å². The second-order valence-corrected chi connectivity index (χ2v) is 10.8. The van der Waals surface area contributed by atoms with Gasteiger partial charge in [-0.1, -0.05) is 11.8 Å². The van der Waals surface area contributed by atoms with Gasteiger partial charge in [0.2, 0.25) is 6.79 Å². The number of hydrogen-bond donors (Lipinski definition) is 0. The third-order valence-electron chi connectivity index (χ3n) is 5.53. The fraction of sp³-hybridized carbons (Fsp3) is 0.333. The van der Waals surface area contributed by atoms with Gasteiger partial charge in [-0.25, -0.2) is 8.42 Å². The van der Waals surface area contributed by atoms with Crippen molar-refractivity contribution in [3.63, 3.8) is 0 Å². The van der Waals surface area contributed by atoms with E-state index in [1.165, 1.54) is 18.9 Å². The zero-order valence-corrected chi connectivity index (χ0v) is 18.9. The van der Waals surface area contributed by atoms with Crippen LogP contribution in [0.2, 0.25) is 0 Å². The minimum Gasteiger partial charge on any atom is -0.497 e. The van der Waals surface area contributed by atoms with Crippen molar-refractivity contribution >= 4 is 38.4 Å². The molecule has 2 saturated heterocycles. The number of nitrogens with zero attached hydrogens (tertiary/aromatic N) is 2. The van der Waals surface area contributed by atoms with E-state index in [9.17, 15) is 13.2 Å². The van der Waals surface area contributed by atoms with Gasteiger partial charge < -0.3 is 23.8 Å². The summed E-state index contributed by atoms with van der Waals surface area (Å²) in [6.45, 7) is 0.110. The van der Waals surface area contributed by atoms with Crippen molar-refractivity contribution in [3.8, 4) is 23.0 Å². The average Bonchev–Trinajstić information content (AvgIpc) is 3.44.